The van der Waals surface area contributed by atoms with Crippen molar-refractivity contribution in [3.05, 3.63) is 59.7 Å². The molecule has 0 bridgehead atoms. The minimum Gasteiger partial charge on any atom is -0.497 e. The summed E-state index contributed by atoms with van der Waals surface area (Å²) < 4.78 is 5.08. The number of methoxy groups -OCH3 is 1. The predicted octanol–water partition coefficient (Wildman–Crippen LogP) is 2.74. The van der Waals surface area contributed by atoms with Gasteiger partial charge in [0.05, 0.1) is 18.7 Å². The summed E-state index contributed by atoms with van der Waals surface area (Å²) in [5.41, 5.74) is 1.40. The lowest BCUT2D eigenvalue weighted by molar-refractivity contribution is 0.0942. The van der Waals surface area contributed by atoms with Crippen molar-refractivity contribution in [3.8, 4) is 5.75 Å². The molecule has 2 aromatic carbocycles. The SMILES string of the molecule is CNC(C)C(=O)c1ccccc1C(=O)Nc1ccc(OC)cc1. The molecule has 1 unspecified atom stereocenters. The molecule has 0 aliphatic rings. The van der Waals surface area contributed by atoms with E-state index in [-0.39, 0.29) is 17.7 Å². The highest BCUT2D eigenvalue weighted by Gasteiger charge is 2.20. The van der Waals surface area contributed by atoms with Crippen molar-refractivity contribution >= 4 is 17.4 Å². The molecule has 120 valence electrons. The van der Waals surface area contributed by atoms with Gasteiger partial charge in [0.2, 0.25) is 0 Å². The quantitative estimate of drug-likeness (QED) is 0.805. The minimum atomic E-state index is -0.357. The molecule has 0 aliphatic heterocycles. The Bertz CT molecular complexity index is 696. The fourth-order valence-electron chi connectivity index (χ4n) is 2.13. The second kappa shape index (κ2) is 7.56. The fourth-order valence-corrected chi connectivity index (χ4v) is 2.13. The molecule has 1 atom stereocenters. The first kappa shape index (κ1) is 16.7. The Morgan fingerprint density at radius 2 is 1.61 bits per heavy atom. The van der Waals surface area contributed by atoms with E-state index in [0.717, 1.165) is 0 Å². The summed E-state index contributed by atoms with van der Waals surface area (Å²) in [5.74, 6) is 0.275. The maximum Gasteiger partial charge on any atom is 0.256 e. The molecule has 5 heteroatoms. The van der Waals surface area contributed by atoms with Gasteiger partial charge in [-0.2, -0.15) is 0 Å². The van der Waals surface area contributed by atoms with Crippen LogP contribution in [0.15, 0.2) is 48.5 Å². The summed E-state index contributed by atoms with van der Waals surface area (Å²) >= 11 is 0. The van der Waals surface area contributed by atoms with Gasteiger partial charge in [-0.15, -0.1) is 0 Å². The average Bonchev–Trinajstić information content (AvgIpc) is 2.61. The van der Waals surface area contributed by atoms with Gasteiger partial charge in [0, 0.05) is 11.3 Å². The van der Waals surface area contributed by atoms with E-state index in [4.69, 9.17) is 4.74 Å². The van der Waals surface area contributed by atoms with Crippen molar-refractivity contribution in [1.82, 2.24) is 5.32 Å². The molecule has 0 aromatic heterocycles. The first-order chi connectivity index (χ1) is 11.1. The van der Waals surface area contributed by atoms with Crippen LogP contribution in [0.2, 0.25) is 0 Å². The Kier molecular flexibility index (Phi) is 5.49. The van der Waals surface area contributed by atoms with Crippen molar-refractivity contribution in [2.75, 3.05) is 19.5 Å². The van der Waals surface area contributed by atoms with E-state index in [1.807, 2.05) is 0 Å². The van der Waals surface area contributed by atoms with Gasteiger partial charge in [-0.25, -0.2) is 0 Å². The van der Waals surface area contributed by atoms with Crippen molar-refractivity contribution in [1.29, 1.82) is 0 Å². The molecule has 2 N–H and O–H groups in total. The van der Waals surface area contributed by atoms with Gasteiger partial charge in [-0.05, 0) is 44.3 Å². The Morgan fingerprint density at radius 1 is 1.00 bits per heavy atom. The number of likely N-dealkylation sites (N-methyl/N-ethyl adjacent to an activating group) is 1. The number of hydrogen-bond acceptors (Lipinski definition) is 4. The minimum absolute atomic E-state index is 0.118. The highest BCUT2D eigenvalue weighted by atomic mass is 16.5. The molecule has 23 heavy (non-hydrogen) atoms. The van der Waals surface area contributed by atoms with Crippen LogP contribution in [0.3, 0.4) is 0 Å². The number of carbonyl (C=O) groups is 2. The first-order valence-corrected chi connectivity index (χ1v) is 7.32. The van der Waals surface area contributed by atoms with E-state index >= 15 is 0 Å². The van der Waals surface area contributed by atoms with E-state index in [9.17, 15) is 9.59 Å². The van der Waals surface area contributed by atoms with Crippen LogP contribution in [0.25, 0.3) is 0 Å². The van der Waals surface area contributed by atoms with E-state index in [0.29, 0.717) is 22.6 Å². The molecule has 0 fully saturated rings. The molecule has 1 amide bonds. The van der Waals surface area contributed by atoms with E-state index < -0.39 is 0 Å². The maximum absolute atomic E-state index is 12.5. The Morgan fingerprint density at radius 3 is 2.17 bits per heavy atom. The Balaban J connectivity index is 2.23. The number of amides is 1. The van der Waals surface area contributed by atoms with Gasteiger partial charge in [0.1, 0.15) is 5.75 Å². The number of carbonyl (C=O) groups excluding carboxylic acids is 2. The summed E-state index contributed by atoms with van der Waals surface area (Å²) in [7, 11) is 3.29. The van der Waals surface area contributed by atoms with Crippen LogP contribution in [-0.2, 0) is 0 Å². The number of Topliss-reactive ketones (excluding diaryl/α,β-unsaturated/α-hetero) is 1. The zero-order valence-electron chi connectivity index (χ0n) is 13.4. The largest absolute Gasteiger partial charge is 0.497 e. The van der Waals surface area contributed by atoms with Crippen LogP contribution in [0.4, 0.5) is 5.69 Å². The molecule has 2 rings (SSSR count). The summed E-state index contributed by atoms with van der Waals surface area (Å²) in [5, 5.41) is 5.69. The molecule has 0 heterocycles. The predicted molar refractivity (Wildman–Crippen MR) is 90.2 cm³/mol. The highest BCUT2D eigenvalue weighted by Crippen LogP contribution is 2.18. The van der Waals surface area contributed by atoms with Gasteiger partial charge in [0.15, 0.2) is 5.78 Å². The van der Waals surface area contributed by atoms with E-state index in [1.54, 1.807) is 69.6 Å². The third-order valence-corrected chi connectivity index (χ3v) is 3.61. The number of nitrogens with one attached hydrogen (secondary N) is 2. The van der Waals surface area contributed by atoms with Crippen LogP contribution in [0.5, 0.6) is 5.75 Å². The van der Waals surface area contributed by atoms with Crippen LogP contribution in [0, 0.1) is 0 Å². The lowest BCUT2D eigenvalue weighted by Gasteiger charge is -2.13. The van der Waals surface area contributed by atoms with Crippen LogP contribution in [-0.4, -0.2) is 31.9 Å². The first-order valence-electron chi connectivity index (χ1n) is 7.32. The van der Waals surface area contributed by atoms with Gasteiger partial charge in [-0.3, -0.25) is 9.59 Å². The van der Waals surface area contributed by atoms with Gasteiger partial charge >= 0.3 is 0 Å². The lowest BCUT2D eigenvalue weighted by Crippen LogP contribution is -2.32. The second-order valence-electron chi connectivity index (χ2n) is 5.10. The second-order valence-corrected chi connectivity index (χ2v) is 5.10. The summed E-state index contributed by atoms with van der Waals surface area (Å²) in [4.78, 5) is 24.9. The number of hydrogen-bond donors (Lipinski definition) is 2. The monoisotopic (exact) mass is 312 g/mol. The molecule has 0 spiro atoms. The van der Waals surface area contributed by atoms with Gasteiger partial charge < -0.3 is 15.4 Å². The molecular weight excluding hydrogens is 292 g/mol. The third-order valence-electron chi connectivity index (χ3n) is 3.61. The number of ketones is 1. The van der Waals surface area contributed by atoms with Crippen LogP contribution < -0.4 is 15.4 Å². The number of benzene rings is 2. The molecule has 2 aromatic rings. The lowest BCUT2D eigenvalue weighted by atomic mass is 9.99. The van der Waals surface area contributed by atoms with Crippen LogP contribution in [0.1, 0.15) is 27.6 Å². The zero-order chi connectivity index (χ0) is 16.8. The number of ether oxygens (including phenoxy) is 1. The maximum atomic E-state index is 12.5. The number of rotatable bonds is 6. The van der Waals surface area contributed by atoms with Gasteiger partial charge in [0.25, 0.3) is 5.91 Å². The molecule has 5 nitrogen and oxygen atoms in total. The zero-order valence-corrected chi connectivity index (χ0v) is 13.4. The smallest absolute Gasteiger partial charge is 0.256 e. The highest BCUT2D eigenvalue weighted by molar-refractivity contribution is 6.13. The van der Waals surface area contributed by atoms with Gasteiger partial charge in [-0.1, -0.05) is 18.2 Å². The summed E-state index contributed by atoms with van der Waals surface area (Å²) in [6.07, 6.45) is 0. The molecular formula is C18H20N2O3. The van der Waals surface area contributed by atoms with E-state index in [2.05, 4.69) is 10.6 Å². The topological polar surface area (TPSA) is 67.4 Å². The molecule has 0 saturated carbocycles. The molecule has 0 aliphatic carbocycles. The standard InChI is InChI=1S/C18H20N2O3/c1-12(19-2)17(21)15-6-4-5-7-16(15)18(22)20-13-8-10-14(23-3)11-9-13/h4-12,19H,1-3H3,(H,20,22). The average molecular weight is 312 g/mol. The molecule has 0 radical (unpaired) electrons. The third kappa shape index (κ3) is 3.96. The number of anilines is 1. The van der Waals surface area contributed by atoms with Crippen molar-refractivity contribution < 1.29 is 14.3 Å². The normalized spacial score (nSPS) is 11.6. The van der Waals surface area contributed by atoms with Crippen molar-refractivity contribution in [2.45, 2.75) is 13.0 Å². The van der Waals surface area contributed by atoms with Crippen LogP contribution >= 0.6 is 0 Å². The Hall–Kier alpha value is -2.66. The van der Waals surface area contributed by atoms with E-state index in [1.165, 1.54) is 0 Å². The fraction of sp³-hybridized carbons (Fsp3) is 0.222. The molecule has 0 saturated heterocycles. The van der Waals surface area contributed by atoms with Crippen molar-refractivity contribution in [2.24, 2.45) is 0 Å². The van der Waals surface area contributed by atoms with Crippen molar-refractivity contribution in [3.63, 3.8) is 0 Å². The summed E-state index contributed by atoms with van der Waals surface area (Å²) in [6, 6.07) is 13.5. The summed E-state index contributed by atoms with van der Waals surface area (Å²) in [6.45, 7) is 1.76. The Labute approximate surface area is 135 Å².